The zero-order valence-corrected chi connectivity index (χ0v) is 22.5. The molecule has 5 N–H and O–H groups in total. The maximum absolute atomic E-state index is 12.3. The molecule has 0 heterocycles. The van der Waals surface area contributed by atoms with Crippen molar-refractivity contribution in [2.75, 3.05) is 21.3 Å². The minimum absolute atomic E-state index is 0.00279. The SMILES string of the molecule is COc1cc(C=C(C(=O)O)c2cc(C=C(Oc3ccc(C=CC(=O)O)cc3OC)C(=O)O)cc(OC)c2O)ccc1O. The highest BCUT2D eigenvalue weighted by atomic mass is 16.5. The molecule has 0 aliphatic rings. The highest BCUT2D eigenvalue weighted by molar-refractivity contribution is 6.21. The molecule has 42 heavy (non-hydrogen) atoms. The summed E-state index contributed by atoms with van der Waals surface area (Å²) in [6.45, 7) is 0. The van der Waals surface area contributed by atoms with Crippen molar-refractivity contribution in [3.8, 4) is 34.5 Å². The van der Waals surface area contributed by atoms with Gasteiger partial charge in [-0.15, -0.1) is 0 Å². The normalized spacial score (nSPS) is 11.7. The van der Waals surface area contributed by atoms with Crippen LogP contribution in [0.2, 0.25) is 0 Å². The molecule has 218 valence electrons. The molecule has 0 saturated carbocycles. The van der Waals surface area contributed by atoms with Crippen LogP contribution >= 0.6 is 0 Å². The number of ether oxygens (including phenoxy) is 4. The van der Waals surface area contributed by atoms with Crippen LogP contribution in [-0.2, 0) is 14.4 Å². The average molecular weight is 579 g/mol. The highest BCUT2D eigenvalue weighted by Crippen LogP contribution is 2.38. The van der Waals surface area contributed by atoms with Crippen LogP contribution in [0.4, 0.5) is 0 Å². The Balaban J connectivity index is 2.11. The van der Waals surface area contributed by atoms with Crippen LogP contribution in [0.1, 0.15) is 22.3 Å². The third-order valence-corrected chi connectivity index (χ3v) is 5.69. The zero-order chi connectivity index (χ0) is 31.0. The summed E-state index contributed by atoms with van der Waals surface area (Å²) in [7, 11) is 3.88. The standard InChI is InChI=1S/C30H26O12/c1-39-23-13-17(4-7-21(23)31)10-20(29(35)36)19-11-18(14-25(41-3)28(19)34)15-26(30(37)38)42-22-8-5-16(6-9-27(32)33)12-24(22)40-2/h4-15,31,34H,1-3H3,(H,32,33)(H,35,36)(H,37,38). The number of hydrogen-bond acceptors (Lipinski definition) is 9. The summed E-state index contributed by atoms with van der Waals surface area (Å²) in [5.74, 6) is -5.27. The molecule has 0 atom stereocenters. The van der Waals surface area contributed by atoms with Gasteiger partial charge in [-0.05, 0) is 71.3 Å². The van der Waals surface area contributed by atoms with Crippen molar-refractivity contribution < 1.29 is 58.9 Å². The number of hydrogen-bond donors (Lipinski definition) is 5. The first-order valence-electron chi connectivity index (χ1n) is 11.9. The molecule has 0 aliphatic carbocycles. The van der Waals surface area contributed by atoms with Crippen molar-refractivity contribution in [1.29, 1.82) is 0 Å². The molecule has 0 aliphatic heterocycles. The van der Waals surface area contributed by atoms with E-state index in [-0.39, 0.29) is 45.4 Å². The maximum atomic E-state index is 12.3. The fourth-order valence-electron chi connectivity index (χ4n) is 3.72. The zero-order valence-electron chi connectivity index (χ0n) is 22.5. The van der Waals surface area contributed by atoms with Crippen molar-refractivity contribution in [2.24, 2.45) is 0 Å². The van der Waals surface area contributed by atoms with Crippen molar-refractivity contribution in [3.05, 3.63) is 82.6 Å². The van der Waals surface area contributed by atoms with Crippen molar-refractivity contribution >= 4 is 41.7 Å². The smallest absolute Gasteiger partial charge is 0.371 e. The van der Waals surface area contributed by atoms with E-state index in [9.17, 15) is 34.8 Å². The Morgan fingerprint density at radius 2 is 1.29 bits per heavy atom. The van der Waals surface area contributed by atoms with E-state index >= 15 is 0 Å². The molecular formula is C30H26O12. The lowest BCUT2D eigenvalue weighted by Gasteiger charge is -2.14. The molecule has 3 aromatic rings. The number of carboxylic acids is 3. The van der Waals surface area contributed by atoms with Crippen LogP contribution in [-0.4, -0.2) is 64.8 Å². The Morgan fingerprint density at radius 1 is 0.667 bits per heavy atom. The summed E-state index contributed by atoms with van der Waals surface area (Å²) < 4.78 is 21.1. The van der Waals surface area contributed by atoms with Crippen molar-refractivity contribution in [2.45, 2.75) is 0 Å². The number of aliphatic carboxylic acids is 3. The molecule has 0 aromatic heterocycles. The third-order valence-electron chi connectivity index (χ3n) is 5.69. The third kappa shape index (κ3) is 7.39. The van der Waals surface area contributed by atoms with E-state index in [0.29, 0.717) is 11.1 Å². The minimum Gasteiger partial charge on any atom is -0.504 e. The lowest BCUT2D eigenvalue weighted by Crippen LogP contribution is -2.08. The van der Waals surface area contributed by atoms with Crippen molar-refractivity contribution in [3.63, 3.8) is 0 Å². The van der Waals surface area contributed by atoms with Gasteiger partial charge in [-0.1, -0.05) is 12.1 Å². The van der Waals surface area contributed by atoms with Crippen LogP contribution in [0.3, 0.4) is 0 Å². The first-order valence-corrected chi connectivity index (χ1v) is 11.9. The summed E-state index contributed by atoms with van der Waals surface area (Å²) in [6.07, 6.45) is 4.56. The van der Waals surface area contributed by atoms with Crippen LogP contribution in [0.5, 0.6) is 34.5 Å². The summed E-state index contributed by atoms with van der Waals surface area (Å²) in [6, 6.07) is 11.0. The largest absolute Gasteiger partial charge is 0.504 e. The van der Waals surface area contributed by atoms with E-state index in [1.165, 1.54) is 82.0 Å². The van der Waals surface area contributed by atoms with Gasteiger partial charge in [-0.2, -0.15) is 0 Å². The molecule has 0 spiro atoms. The predicted molar refractivity (Wildman–Crippen MR) is 151 cm³/mol. The van der Waals surface area contributed by atoms with Gasteiger partial charge < -0.3 is 44.5 Å². The van der Waals surface area contributed by atoms with Gasteiger partial charge in [0.25, 0.3) is 0 Å². The molecule has 0 bridgehead atoms. The molecular weight excluding hydrogens is 552 g/mol. The molecule has 0 saturated heterocycles. The summed E-state index contributed by atoms with van der Waals surface area (Å²) in [4.78, 5) is 35.2. The number of phenolic OH excluding ortho intramolecular Hbond substituents is 2. The number of aromatic hydroxyl groups is 2. The Labute approximate surface area is 239 Å². The van der Waals surface area contributed by atoms with Crippen LogP contribution < -0.4 is 18.9 Å². The topological polar surface area (TPSA) is 189 Å². The van der Waals surface area contributed by atoms with Crippen LogP contribution in [0.15, 0.2) is 60.4 Å². The predicted octanol–water partition coefficient (Wildman–Crippen LogP) is 4.35. The van der Waals surface area contributed by atoms with Crippen LogP contribution in [0.25, 0.3) is 23.8 Å². The lowest BCUT2D eigenvalue weighted by atomic mass is 9.98. The molecule has 0 fully saturated rings. The van der Waals surface area contributed by atoms with Gasteiger partial charge >= 0.3 is 17.9 Å². The van der Waals surface area contributed by atoms with E-state index in [1.54, 1.807) is 0 Å². The van der Waals surface area contributed by atoms with Gasteiger partial charge in [0.1, 0.15) is 0 Å². The number of rotatable bonds is 12. The molecule has 0 unspecified atom stereocenters. The Morgan fingerprint density at radius 3 is 1.88 bits per heavy atom. The van der Waals surface area contributed by atoms with E-state index in [1.807, 2.05) is 0 Å². The van der Waals surface area contributed by atoms with E-state index in [0.717, 1.165) is 12.2 Å². The number of carboxylic acid groups (broad SMARTS) is 3. The van der Waals surface area contributed by atoms with Gasteiger partial charge in [-0.25, -0.2) is 14.4 Å². The number of methoxy groups -OCH3 is 3. The van der Waals surface area contributed by atoms with E-state index < -0.39 is 29.4 Å². The first kappa shape index (κ1) is 30.6. The fraction of sp³-hybridized carbons (Fsp3) is 0.100. The molecule has 0 radical (unpaired) electrons. The molecule has 3 aromatic carbocycles. The van der Waals surface area contributed by atoms with Crippen LogP contribution in [0, 0.1) is 0 Å². The summed E-state index contributed by atoms with van der Waals surface area (Å²) in [5.41, 5.74) is 0.307. The quantitative estimate of drug-likeness (QED) is 0.116. The summed E-state index contributed by atoms with van der Waals surface area (Å²) in [5, 5.41) is 49.3. The molecule has 0 amide bonds. The maximum Gasteiger partial charge on any atom is 0.371 e. The molecule has 12 heteroatoms. The monoisotopic (exact) mass is 578 g/mol. The van der Waals surface area contributed by atoms with Gasteiger partial charge in [0, 0.05) is 11.6 Å². The first-order chi connectivity index (χ1) is 20.0. The molecule has 12 nitrogen and oxygen atoms in total. The Kier molecular flexibility index (Phi) is 9.80. The minimum atomic E-state index is -1.48. The van der Waals surface area contributed by atoms with Gasteiger partial charge in [0.15, 0.2) is 34.5 Å². The number of carbonyl (C=O) groups is 3. The number of benzene rings is 3. The Hall–Kier alpha value is -5.91. The number of phenols is 2. The average Bonchev–Trinajstić information content (AvgIpc) is 2.96. The second-order valence-corrected chi connectivity index (χ2v) is 8.41. The van der Waals surface area contributed by atoms with E-state index in [2.05, 4.69) is 0 Å². The second kappa shape index (κ2) is 13.4. The van der Waals surface area contributed by atoms with Gasteiger partial charge in [0.05, 0.1) is 26.9 Å². The fourth-order valence-corrected chi connectivity index (χ4v) is 3.72. The van der Waals surface area contributed by atoms with Gasteiger partial charge in [0.2, 0.25) is 5.76 Å². The van der Waals surface area contributed by atoms with E-state index in [4.69, 9.17) is 24.1 Å². The highest BCUT2D eigenvalue weighted by Gasteiger charge is 2.21. The lowest BCUT2D eigenvalue weighted by molar-refractivity contribution is -0.135. The Bertz CT molecular complexity index is 1610. The molecule has 3 rings (SSSR count). The van der Waals surface area contributed by atoms with Gasteiger partial charge in [-0.3, -0.25) is 0 Å². The van der Waals surface area contributed by atoms with Crippen molar-refractivity contribution in [1.82, 2.24) is 0 Å². The summed E-state index contributed by atoms with van der Waals surface area (Å²) >= 11 is 0. The second-order valence-electron chi connectivity index (χ2n) is 8.41.